The van der Waals surface area contributed by atoms with Gasteiger partial charge < -0.3 is 10.3 Å². The number of nitrogens with two attached hydrogens (primary N) is 1. The quantitative estimate of drug-likeness (QED) is 0.890. The number of aromatic nitrogens is 2. The average Bonchev–Trinajstić information content (AvgIpc) is 2.88. The summed E-state index contributed by atoms with van der Waals surface area (Å²) in [5.74, 6) is 1.21. The Kier molecular flexibility index (Phi) is 4.10. The van der Waals surface area contributed by atoms with Crippen LogP contribution in [0.3, 0.4) is 0 Å². The summed E-state index contributed by atoms with van der Waals surface area (Å²) in [5.41, 5.74) is 7.64. The van der Waals surface area contributed by atoms with E-state index in [9.17, 15) is 0 Å². The summed E-state index contributed by atoms with van der Waals surface area (Å²) in [6.07, 6.45) is 10.3. The number of hydrogen-bond acceptors (Lipinski definition) is 2. The first kappa shape index (κ1) is 13.6. The molecule has 3 atom stereocenters. The van der Waals surface area contributed by atoms with Crippen LogP contribution in [0.5, 0.6) is 0 Å². The molecule has 2 N–H and O–H groups in total. The molecule has 18 heavy (non-hydrogen) atoms. The standard InChI is InChI=1S/C15H27N3/c1-4-12(2)14-9-17-11-18(14)15(10-16)8-6-5-7-13(15)3/h9,11-13H,4-8,10,16H2,1-3H3. The Hall–Kier alpha value is -0.830. The highest BCUT2D eigenvalue weighted by Gasteiger charge is 2.39. The van der Waals surface area contributed by atoms with Gasteiger partial charge in [-0.1, -0.05) is 33.6 Å². The van der Waals surface area contributed by atoms with Crippen molar-refractivity contribution in [3.63, 3.8) is 0 Å². The lowest BCUT2D eigenvalue weighted by Crippen LogP contribution is -2.48. The second-order valence-corrected chi connectivity index (χ2v) is 5.95. The van der Waals surface area contributed by atoms with Crippen LogP contribution in [0.2, 0.25) is 0 Å². The summed E-state index contributed by atoms with van der Waals surface area (Å²) in [4.78, 5) is 4.40. The zero-order chi connectivity index (χ0) is 13.2. The normalized spacial score (nSPS) is 30.3. The van der Waals surface area contributed by atoms with Crippen molar-refractivity contribution in [2.45, 2.75) is 64.3 Å². The van der Waals surface area contributed by atoms with E-state index >= 15 is 0 Å². The lowest BCUT2D eigenvalue weighted by atomic mass is 9.73. The smallest absolute Gasteiger partial charge is 0.0954 e. The molecule has 0 bridgehead atoms. The van der Waals surface area contributed by atoms with Gasteiger partial charge in [0.25, 0.3) is 0 Å². The monoisotopic (exact) mass is 249 g/mol. The van der Waals surface area contributed by atoms with Crippen molar-refractivity contribution < 1.29 is 0 Å². The summed E-state index contributed by atoms with van der Waals surface area (Å²) in [6.45, 7) is 7.60. The van der Waals surface area contributed by atoms with Crippen molar-refractivity contribution in [3.05, 3.63) is 18.2 Å². The lowest BCUT2D eigenvalue weighted by Gasteiger charge is -2.44. The van der Waals surface area contributed by atoms with Crippen LogP contribution in [0, 0.1) is 5.92 Å². The van der Waals surface area contributed by atoms with Gasteiger partial charge in [0, 0.05) is 18.4 Å². The van der Waals surface area contributed by atoms with Gasteiger partial charge in [-0.3, -0.25) is 0 Å². The van der Waals surface area contributed by atoms with Gasteiger partial charge in [-0.25, -0.2) is 4.98 Å². The number of imidazole rings is 1. The Balaban J connectivity index is 2.41. The lowest BCUT2D eigenvalue weighted by molar-refractivity contribution is 0.120. The summed E-state index contributed by atoms with van der Waals surface area (Å²) in [7, 11) is 0. The van der Waals surface area contributed by atoms with Gasteiger partial charge >= 0.3 is 0 Å². The van der Waals surface area contributed by atoms with E-state index in [1.54, 1.807) is 0 Å². The van der Waals surface area contributed by atoms with E-state index in [1.807, 2.05) is 12.5 Å². The second kappa shape index (κ2) is 5.43. The third-order valence-electron chi connectivity index (χ3n) is 5.03. The van der Waals surface area contributed by atoms with E-state index in [4.69, 9.17) is 5.73 Å². The molecule has 0 aliphatic heterocycles. The molecule has 0 spiro atoms. The molecule has 1 heterocycles. The predicted molar refractivity (Wildman–Crippen MR) is 75.6 cm³/mol. The number of rotatable bonds is 4. The minimum Gasteiger partial charge on any atom is -0.328 e. The Morgan fingerprint density at radius 1 is 1.56 bits per heavy atom. The highest BCUT2D eigenvalue weighted by molar-refractivity contribution is 5.11. The van der Waals surface area contributed by atoms with E-state index in [-0.39, 0.29) is 5.54 Å². The Morgan fingerprint density at radius 3 is 2.94 bits per heavy atom. The van der Waals surface area contributed by atoms with Crippen molar-refractivity contribution in [2.75, 3.05) is 6.54 Å². The molecule has 2 rings (SSSR count). The maximum absolute atomic E-state index is 6.18. The van der Waals surface area contributed by atoms with Crippen LogP contribution in [0.4, 0.5) is 0 Å². The zero-order valence-electron chi connectivity index (χ0n) is 12.0. The molecule has 1 aliphatic carbocycles. The van der Waals surface area contributed by atoms with E-state index in [0.717, 1.165) is 13.0 Å². The fourth-order valence-corrected chi connectivity index (χ4v) is 3.41. The molecular weight excluding hydrogens is 222 g/mol. The largest absolute Gasteiger partial charge is 0.328 e. The van der Waals surface area contributed by atoms with Gasteiger partial charge in [-0.05, 0) is 31.1 Å². The molecule has 1 fully saturated rings. The second-order valence-electron chi connectivity index (χ2n) is 5.95. The molecular formula is C15H27N3. The van der Waals surface area contributed by atoms with E-state index < -0.39 is 0 Å². The summed E-state index contributed by atoms with van der Waals surface area (Å²) in [5, 5.41) is 0. The molecule has 1 saturated carbocycles. The minimum absolute atomic E-state index is 0.105. The Labute approximate surface area is 111 Å². The summed E-state index contributed by atoms with van der Waals surface area (Å²) < 4.78 is 2.41. The van der Waals surface area contributed by atoms with Gasteiger partial charge in [-0.2, -0.15) is 0 Å². The molecule has 0 aromatic carbocycles. The fourth-order valence-electron chi connectivity index (χ4n) is 3.41. The van der Waals surface area contributed by atoms with Crippen molar-refractivity contribution in [3.8, 4) is 0 Å². The minimum atomic E-state index is 0.105. The molecule has 1 aliphatic rings. The van der Waals surface area contributed by atoms with Crippen LogP contribution >= 0.6 is 0 Å². The van der Waals surface area contributed by atoms with Crippen LogP contribution in [0.1, 0.15) is 64.5 Å². The van der Waals surface area contributed by atoms with Crippen LogP contribution in [0.25, 0.3) is 0 Å². The van der Waals surface area contributed by atoms with E-state index in [1.165, 1.54) is 31.4 Å². The molecule has 102 valence electrons. The third-order valence-corrected chi connectivity index (χ3v) is 5.03. The fraction of sp³-hybridized carbons (Fsp3) is 0.800. The van der Waals surface area contributed by atoms with E-state index in [2.05, 4.69) is 30.3 Å². The Bertz CT molecular complexity index is 385. The molecule has 0 saturated heterocycles. The molecule has 1 aromatic heterocycles. The van der Waals surface area contributed by atoms with Crippen molar-refractivity contribution in [1.82, 2.24) is 9.55 Å². The molecule has 3 unspecified atom stereocenters. The maximum atomic E-state index is 6.18. The highest BCUT2D eigenvalue weighted by atomic mass is 15.1. The van der Waals surface area contributed by atoms with Crippen LogP contribution < -0.4 is 5.73 Å². The van der Waals surface area contributed by atoms with Gasteiger partial charge in [0.2, 0.25) is 0 Å². The predicted octanol–water partition coefficient (Wildman–Crippen LogP) is 3.26. The highest BCUT2D eigenvalue weighted by Crippen LogP contribution is 2.40. The van der Waals surface area contributed by atoms with Gasteiger partial charge in [-0.15, -0.1) is 0 Å². The maximum Gasteiger partial charge on any atom is 0.0954 e. The van der Waals surface area contributed by atoms with Crippen molar-refractivity contribution in [2.24, 2.45) is 11.7 Å². The number of nitrogens with zero attached hydrogens (tertiary/aromatic N) is 2. The van der Waals surface area contributed by atoms with E-state index in [0.29, 0.717) is 11.8 Å². The first-order valence-electron chi connectivity index (χ1n) is 7.38. The molecule has 0 radical (unpaired) electrons. The van der Waals surface area contributed by atoms with Gasteiger partial charge in [0.05, 0.1) is 11.9 Å². The Morgan fingerprint density at radius 2 is 2.33 bits per heavy atom. The van der Waals surface area contributed by atoms with Crippen molar-refractivity contribution >= 4 is 0 Å². The van der Waals surface area contributed by atoms with Crippen molar-refractivity contribution in [1.29, 1.82) is 0 Å². The SMILES string of the molecule is CCC(C)c1cncn1C1(CN)CCCCC1C. The van der Waals surface area contributed by atoms with Crippen LogP contribution in [0.15, 0.2) is 12.5 Å². The van der Waals surface area contributed by atoms with Crippen LogP contribution in [-0.4, -0.2) is 16.1 Å². The first-order chi connectivity index (χ1) is 8.65. The van der Waals surface area contributed by atoms with Gasteiger partial charge in [0.1, 0.15) is 0 Å². The molecule has 3 nitrogen and oxygen atoms in total. The average molecular weight is 249 g/mol. The summed E-state index contributed by atoms with van der Waals surface area (Å²) in [6, 6.07) is 0. The first-order valence-corrected chi connectivity index (χ1v) is 7.38. The van der Waals surface area contributed by atoms with Crippen LogP contribution in [-0.2, 0) is 5.54 Å². The zero-order valence-corrected chi connectivity index (χ0v) is 12.0. The third kappa shape index (κ3) is 2.09. The topological polar surface area (TPSA) is 43.8 Å². The molecule has 3 heteroatoms. The molecule has 1 aromatic rings. The summed E-state index contributed by atoms with van der Waals surface area (Å²) >= 11 is 0. The number of hydrogen-bond donors (Lipinski definition) is 1. The molecule has 0 amide bonds. The van der Waals surface area contributed by atoms with Gasteiger partial charge in [0.15, 0.2) is 0 Å².